The van der Waals surface area contributed by atoms with Crippen molar-refractivity contribution in [3.63, 3.8) is 0 Å². The molecule has 5 nitrogen and oxygen atoms in total. The van der Waals surface area contributed by atoms with Crippen molar-refractivity contribution in [2.75, 3.05) is 5.75 Å². The second kappa shape index (κ2) is 8.10. The lowest BCUT2D eigenvalue weighted by atomic mass is 9.46. The number of aliphatic hydroxyl groups is 2. The highest BCUT2D eigenvalue weighted by molar-refractivity contribution is 8.01. The average molecular weight is 510 g/mol. The van der Waals surface area contributed by atoms with Gasteiger partial charge in [0.1, 0.15) is 5.60 Å². The van der Waals surface area contributed by atoms with Gasteiger partial charge in [0.2, 0.25) is 0 Å². The molecule has 4 aliphatic rings. The van der Waals surface area contributed by atoms with Crippen LogP contribution in [0.1, 0.15) is 46.0 Å². The molecule has 6 rings (SSSR count). The molecule has 2 aromatic rings. The maximum Gasteiger partial charge on any atom is 0.178 e. The third-order valence-corrected chi connectivity index (χ3v) is 11.9. The summed E-state index contributed by atoms with van der Waals surface area (Å²) < 4.78 is 1.93. The first kappa shape index (κ1) is 23.6. The lowest BCUT2D eigenvalue weighted by molar-refractivity contribution is -0.174. The van der Waals surface area contributed by atoms with Crippen LogP contribution >= 0.6 is 23.1 Å². The van der Waals surface area contributed by atoms with Gasteiger partial charge in [-0.05, 0) is 68.2 Å². The van der Waals surface area contributed by atoms with Crippen LogP contribution in [0.15, 0.2) is 52.4 Å². The van der Waals surface area contributed by atoms with Crippen LogP contribution in [-0.2, 0) is 9.59 Å². The van der Waals surface area contributed by atoms with Crippen molar-refractivity contribution in [1.29, 1.82) is 0 Å². The minimum absolute atomic E-state index is 0.000462. The topological polar surface area (TPSA) is 87.5 Å². The van der Waals surface area contributed by atoms with E-state index < -0.39 is 17.1 Å². The Morgan fingerprint density at radius 3 is 2.86 bits per heavy atom. The summed E-state index contributed by atoms with van der Waals surface area (Å²) in [6.07, 6.45) is 8.09. The second-order valence-electron chi connectivity index (χ2n) is 11.3. The number of aliphatic hydroxyl groups excluding tert-OH is 1. The van der Waals surface area contributed by atoms with Crippen molar-refractivity contribution >= 4 is 44.9 Å². The Labute approximate surface area is 213 Å². The second-order valence-corrected chi connectivity index (χ2v) is 13.5. The van der Waals surface area contributed by atoms with Crippen molar-refractivity contribution in [2.45, 2.75) is 62.0 Å². The monoisotopic (exact) mass is 509 g/mol. The summed E-state index contributed by atoms with van der Waals surface area (Å²) >= 11 is 2.97. The zero-order valence-electron chi connectivity index (χ0n) is 20.1. The molecule has 7 atom stereocenters. The molecular formula is C28H31NO4S2. The number of hydrogen-bond donors (Lipinski definition) is 2. The van der Waals surface area contributed by atoms with Gasteiger partial charge in [0.15, 0.2) is 15.9 Å². The van der Waals surface area contributed by atoms with Crippen molar-refractivity contribution in [3.05, 3.63) is 48.1 Å². The number of Topliss-reactive ketones (excluding diaryl/α,β-unsaturated/α-hetero) is 1. The Kier molecular flexibility index (Phi) is 5.46. The minimum Gasteiger partial charge on any atom is -0.393 e. The van der Waals surface area contributed by atoms with Crippen molar-refractivity contribution in [2.24, 2.45) is 28.6 Å². The molecule has 0 bridgehead atoms. The Morgan fingerprint density at radius 1 is 1.26 bits per heavy atom. The van der Waals surface area contributed by atoms with E-state index in [1.807, 2.05) is 37.3 Å². The number of thiazole rings is 1. The fraction of sp³-hybridized carbons (Fsp3) is 0.536. The minimum atomic E-state index is -1.44. The van der Waals surface area contributed by atoms with E-state index in [1.54, 1.807) is 23.5 Å². The molecule has 6 unspecified atom stereocenters. The molecule has 7 heteroatoms. The van der Waals surface area contributed by atoms with Crippen LogP contribution in [0.5, 0.6) is 0 Å². The Hall–Kier alpha value is -1.80. The number of benzene rings is 1. The van der Waals surface area contributed by atoms with Crippen LogP contribution in [0.4, 0.5) is 0 Å². The third kappa shape index (κ3) is 3.38. The van der Waals surface area contributed by atoms with Gasteiger partial charge in [0.25, 0.3) is 0 Å². The van der Waals surface area contributed by atoms with Crippen molar-refractivity contribution in [3.8, 4) is 0 Å². The molecule has 3 saturated carbocycles. The van der Waals surface area contributed by atoms with E-state index in [4.69, 9.17) is 0 Å². The van der Waals surface area contributed by atoms with E-state index in [-0.39, 0.29) is 40.5 Å². The van der Waals surface area contributed by atoms with Crippen LogP contribution < -0.4 is 0 Å². The van der Waals surface area contributed by atoms with Crippen LogP contribution in [0.3, 0.4) is 0 Å². The van der Waals surface area contributed by atoms with E-state index in [9.17, 15) is 19.8 Å². The standard InChI is InChI=1S/C28H31NO4S2/c1-26-11-9-17(30)13-16(26)7-8-18-19-10-12-28(33,27(19,2)14-21(31)24(18)26)23(32)15-34-25-29-20-5-3-4-6-22(20)35-25/h3-6,9,11,13,18-19,21,24,31,33H,7-8,10,12,14-15H2,1-2H3/t18?,19?,21?,24?,26?,27?,28-/m0/s1. The number of nitrogens with zero attached hydrogens (tertiary/aromatic N) is 1. The maximum atomic E-state index is 13.6. The predicted molar refractivity (Wildman–Crippen MR) is 138 cm³/mol. The maximum absolute atomic E-state index is 13.6. The summed E-state index contributed by atoms with van der Waals surface area (Å²) in [5.74, 6) is 0.433. The van der Waals surface area contributed by atoms with E-state index >= 15 is 0 Å². The van der Waals surface area contributed by atoms with Crippen LogP contribution in [0.2, 0.25) is 0 Å². The molecule has 35 heavy (non-hydrogen) atoms. The number of rotatable bonds is 4. The van der Waals surface area contributed by atoms with Gasteiger partial charge in [-0.15, -0.1) is 11.3 Å². The Balaban J connectivity index is 1.25. The van der Waals surface area contributed by atoms with E-state index in [0.717, 1.165) is 39.4 Å². The molecule has 0 radical (unpaired) electrons. The fourth-order valence-corrected chi connectivity index (χ4v) is 9.98. The number of ketones is 2. The van der Waals surface area contributed by atoms with Gasteiger partial charge >= 0.3 is 0 Å². The molecule has 0 saturated heterocycles. The number of thioether (sulfide) groups is 1. The molecule has 2 N–H and O–H groups in total. The lowest BCUT2D eigenvalue weighted by Gasteiger charge is -2.59. The van der Waals surface area contributed by atoms with Gasteiger partial charge in [-0.1, -0.05) is 49.4 Å². The van der Waals surface area contributed by atoms with E-state index in [2.05, 4.69) is 11.9 Å². The first-order chi connectivity index (χ1) is 16.7. The van der Waals surface area contributed by atoms with Crippen LogP contribution in [-0.4, -0.2) is 44.2 Å². The highest BCUT2D eigenvalue weighted by Crippen LogP contribution is 2.67. The molecule has 184 valence electrons. The number of hydrogen-bond acceptors (Lipinski definition) is 7. The van der Waals surface area contributed by atoms with E-state index in [0.29, 0.717) is 12.8 Å². The van der Waals surface area contributed by atoms with E-state index in [1.165, 1.54) is 11.8 Å². The fourth-order valence-electron chi connectivity index (χ4n) is 7.95. The van der Waals surface area contributed by atoms with Crippen LogP contribution in [0.25, 0.3) is 10.2 Å². The molecule has 0 aliphatic heterocycles. The molecule has 1 aromatic carbocycles. The quantitative estimate of drug-likeness (QED) is 0.566. The molecule has 0 amide bonds. The molecule has 0 spiro atoms. The smallest absolute Gasteiger partial charge is 0.178 e. The normalized spacial score (nSPS) is 40.2. The summed E-state index contributed by atoms with van der Waals surface area (Å²) in [7, 11) is 0. The number of carbonyl (C=O) groups is 2. The lowest BCUT2D eigenvalue weighted by Crippen LogP contribution is -2.61. The summed E-state index contributed by atoms with van der Waals surface area (Å²) in [4.78, 5) is 30.2. The molecule has 1 aromatic heterocycles. The first-order valence-corrected chi connectivity index (χ1v) is 14.3. The highest BCUT2D eigenvalue weighted by atomic mass is 32.2. The average Bonchev–Trinajstić information content (AvgIpc) is 3.36. The van der Waals surface area contributed by atoms with Crippen molar-refractivity contribution in [1.82, 2.24) is 4.98 Å². The highest BCUT2D eigenvalue weighted by Gasteiger charge is 2.67. The van der Waals surface area contributed by atoms with Gasteiger partial charge < -0.3 is 10.2 Å². The molecule has 3 fully saturated rings. The number of aromatic nitrogens is 1. The zero-order chi connectivity index (χ0) is 24.6. The number of para-hydroxylation sites is 1. The van der Waals surface area contributed by atoms with Gasteiger partial charge in [-0.2, -0.15) is 0 Å². The Morgan fingerprint density at radius 2 is 2.06 bits per heavy atom. The van der Waals surface area contributed by atoms with Gasteiger partial charge in [0, 0.05) is 16.7 Å². The van der Waals surface area contributed by atoms with Gasteiger partial charge in [0.05, 0.1) is 22.1 Å². The number of allylic oxidation sites excluding steroid dienone is 4. The summed E-state index contributed by atoms with van der Waals surface area (Å²) in [6.45, 7) is 4.17. The first-order valence-electron chi connectivity index (χ1n) is 12.5. The largest absolute Gasteiger partial charge is 0.393 e. The summed E-state index contributed by atoms with van der Waals surface area (Å²) in [5, 5.41) is 23.4. The molecular weight excluding hydrogens is 478 g/mol. The van der Waals surface area contributed by atoms with Gasteiger partial charge in [-0.25, -0.2) is 4.98 Å². The summed E-state index contributed by atoms with van der Waals surface area (Å²) in [5.41, 5.74) is -0.401. The predicted octanol–water partition coefficient (Wildman–Crippen LogP) is 4.97. The van der Waals surface area contributed by atoms with Crippen LogP contribution in [0, 0.1) is 28.6 Å². The summed E-state index contributed by atoms with van der Waals surface area (Å²) in [6, 6.07) is 7.93. The zero-order valence-corrected chi connectivity index (χ0v) is 21.7. The SMILES string of the molecule is CC12C=CC(=O)C=C1CCC1C2C(O)CC2(C)C1CC[C@]2(O)C(=O)CSc1nc2ccccc2s1. The molecule has 1 heterocycles. The number of fused-ring (bicyclic) bond motifs is 6. The Bertz CT molecular complexity index is 1250. The van der Waals surface area contributed by atoms with Crippen molar-refractivity contribution < 1.29 is 19.8 Å². The third-order valence-electron chi connectivity index (χ3n) is 9.71. The molecule has 4 aliphatic carbocycles. The number of carbonyl (C=O) groups excluding carboxylic acids is 2. The van der Waals surface area contributed by atoms with Gasteiger partial charge in [-0.3, -0.25) is 9.59 Å².